The number of H-pyrrole nitrogens is 1. The van der Waals surface area contributed by atoms with Gasteiger partial charge in [-0.2, -0.15) is 16.4 Å². The van der Waals surface area contributed by atoms with Gasteiger partial charge in [-0.3, -0.25) is 14.7 Å². The third-order valence-electron chi connectivity index (χ3n) is 3.83. The lowest BCUT2D eigenvalue weighted by Crippen LogP contribution is -2.36. The van der Waals surface area contributed by atoms with Crippen molar-refractivity contribution in [1.29, 1.82) is 0 Å². The molecule has 24 heavy (non-hydrogen) atoms. The van der Waals surface area contributed by atoms with Crippen molar-refractivity contribution in [1.82, 2.24) is 20.8 Å². The molecule has 3 rings (SSSR count). The van der Waals surface area contributed by atoms with E-state index in [0.717, 1.165) is 16.5 Å². The Labute approximate surface area is 143 Å². The number of rotatable bonds is 6. The summed E-state index contributed by atoms with van der Waals surface area (Å²) in [6.07, 6.45) is 0. The van der Waals surface area contributed by atoms with Gasteiger partial charge in [0.25, 0.3) is 5.91 Å². The lowest BCUT2D eigenvalue weighted by Gasteiger charge is -2.11. The van der Waals surface area contributed by atoms with Gasteiger partial charge in [-0.15, -0.1) is 0 Å². The van der Waals surface area contributed by atoms with E-state index in [2.05, 4.69) is 20.8 Å². The minimum atomic E-state index is -0.257. The Kier molecular flexibility index (Phi) is 4.90. The van der Waals surface area contributed by atoms with Crippen LogP contribution in [0.3, 0.4) is 0 Å². The molecule has 124 valence electrons. The zero-order chi connectivity index (χ0) is 16.9. The van der Waals surface area contributed by atoms with Crippen molar-refractivity contribution in [2.45, 2.75) is 12.8 Å². The molecule has 0 saturated carbocycles. The maximum atomic E-state index is 12.2. The van der Waals surface area contributed by atoms with Crippen molar-refractivity contribution in [3.05, 3.63) is 52.3 Å². The van der Waals surface area contributed by atoms with E-state index in [-0.39, 0.29) is 17.7 Å². The summed E-state index contributed by atoms with van der Waals surface area (Å²) in [4.78, 5) is 24.2. The Bertz CT molecular complexity index is 841. The predicted octanol–water partition coefficient (Wildman–Crippen LogP) is 2.27. The molecule has 0 aliphatic rings. The third-order valence-corrected chi connectivity index (χ3v) is 4.53. The molecule has 1 atom stereocenters. The summed E-state index contributed by atoms with van der Waals surface area (Å²) in [6.45, 7) is 2.59. The molecule has 3 aromatic rings. The number of carbonyl (C=O) groups excluding carboxylic acids is 2. The molecule has 7 heteroatoms. The average Bonchev–Trinajstić information content (AvgIpc) is 3.26. The van der Waals surface area contributed by atoms with Gasteiger partial charge in [-0.1, -0.05) is 18.2 Å². The van der Waals surface area contributed by atoms with E-state index in [4.69, 9.17) is 0 Å². The van der Waals surface area contributed by atoms with Crippen LogP contribution in [0.5, 0.6) is 0 Å². The van der Waals surface area contributed by atoms with E-state index in [1.54, 1.807) is 11.3 Å². The number of hydrogen-bond donors (Lipinski definition) is 3. The highest BCUT2D eigenvalue weighted by Crippen LogP contribution is 2.18. The van der Waals surface area contributed by atoms with Crippen LogP contribution in [0, 0.1) is 0 Å². The summed E-state index contributed by atoms with van der Waals surface area (Å²) >= 11 is 1.57. The van der Waals surface area contributed by atoms with Crippen LogP contribution < -0.4 is 10.6 Å². The van der Waals surface area contributed by atoms with Gasteiger partial charge in [0.2, 0.25) is 5.91 Å². The van der Waals surface area contributed by atoms with E-state index in [0.29, 0.717) is 18.8 Å². The molecule has 2 heterocycles. The first-order chi connectivity index (χ1) is 11.7. The van der Waals surface area contributed by atoms with Crippen LogP contribution in [0.25, 0.3) is 10.9 Å². The monoisotopic (exact) mass is 342 g/mol. The molecule has 2 amide bonds. The molecule has 0 bridgehead atoms. The standard InChI is InChI=1S/C17H18N4O2S/c1-11(12-6-9-24-10-12)16(22)18-7-8-19-17(23)15-13-4-2-3-5-14(13)20-21-15/h2-6,9-11H,7-8H2,1H3,(H,18,22)(H,19,23)(H,20,21). The number of aromatic nitrogens is 2. The van der Waals surface area contributed by atoms with Crippen molar-refractivity contribution in [3.8, 4) is 0 Å². The molecule has 0 aliphatic heterocycles. The molecule has 0 aliphatic carbocycles. The quantitative estimate of drug-likeness (QED) is 0.601. The van der Waals surface area contributed by atoms with E-state index in [9.17, 15) is 9.59 Å². The SMILES string of the molecule is CC(C(=O)NCCNC(=O)c1n[nH]c2ccccc12)c1ccsc1. The van der Waals surface area contributed by atoms with E-state index < -0.39 is 0 Å². The molecule has 1 unspecified atom stereocenters. The Morgan fingerprint density at radius 2 is 2.00 bits per heavy atom. The smallest absolute Gasteiger partial charge is 0.272 e. The second-order valence-corrected chi connectivity index (χ2v) is 6.22. The number of thiophene rings is 1. The highest BCUT2D eigenvalue weighted by atomic mass is 32.1. The fourth-order valence-corrected chi connectivity index (χ4v) is 3.16. The fraction of sp³-hybridized carbons (Fsp3) is 0.235. The van der Waals surface area contributed by atoms with Crippen molar-refractivity contribution in [2.75, 3.05) is 13.1 Å². The first kappa shape index (κ1) is 16.2. The van der Waals surface area contributed by atoms with Crippen LogP contribution in [-0.2, 0) is 4.79 Å². The van der Waals surface area contributed by atoms with Gasteiger partial charge in [0.05, 0.1) is 11.4 Å². The number of aromatic amines is 1. The summed E-state index contributed by atoms with van der Waals surface area (Å²) in [6, 6.07) is 9.40. The second-order valence-electron chi connectivity index (χ2n) is 5.44. The topological polar surface area (TPSA) is 86.9 Å². The van der Waals surface area contributed by atoms with Crippen LogP contribution >= 0.6 is 11.3 Å². The summed E-state index contributed by atoms with van der Waals surface area (Å²) < 4.78 is 0. The largest absolute Gasteiger partial charge is 0.354 e. The van der Waals surface area contributed by atoms with Crippen LogP contribution in [0.2, 0.25) is 0 Å². The van der Waals surface area contributed by atoms with E-state index in [1.807, 2.05) is 48.0 Å². The normalized spacial score (nSPS) is 12.0. The van der Waals surface area contributed by atoms with Gasteiger partial charge in [0.1, 0.15) is 0 Å². The first-order valence-electron chi connectivity index (χ1n) is 7.68. The van der Waals surface area contributed by atoms with Crippen LogP contribution in [0.1, 0.15) is 28.9 Å². The average molecular weight is 342 g/mol. The van der Waals surface area contributed by atoms with Crippen molar-refractivity contribution >= 4 is 34.1 Å². The third kappa shape index (κ3) is 3.46. The number of carbonyl (C=O) groups is 2. The lowest BCUT2D eigenvalue weighted by atomic mass is 10.0. The second kappa shape index (κ2) is 7.27. The van der Waals surface area contributed by atoms with Gasteiger partial charge in [0.15, 0.2) is 5.69 Å². The first-order valence-corrected chi connectivity index (χ1v) is 8.62. The molecular weight excluding hydrogens is 324 g/mol. The highest BCUT2D eigenvalue weighted by molar-refractivity contribution is 7.08. The Hall–Kier alpha value is -2.67. The summed E-state index contributed by atoms with van der Waals surface area (Å²) in [5.74, 6) is -0.498. The van der Waals surface area contributed by atoms with Gasteiger partial charge < -0.3 is 10.6 Å². The Balaban J connectivity index is 1.48. The van der Waals surface area contributed by atoms with E-state index in [1.165, 1.54) is 0 Å². The summed E-state index contributed by atoms with van der Waals surface area (Å²) in [7, 11) is 0. The molecular formula is C17H18N4O2S. The number of amides is 2. The molecule has 0 spiro atoms. The lowest BCUT2D eigenvalue weighted by molar-refractivity contribution is -0.122. The minimum absolute atomic E-state index is 0.0483. The van der Waals surface area contributed by atoms with Gasteiger partial charge in [0, 0.05) is 18.5 Å². The maximum absolute atomic E-state index is 12.2. The Morgan fingerprint density at radius 1 is 1.21 bits per heavy atom. The number of nitrogens with one attached hydrogen (secondary N) is 3. The minimum Gasteiger partial charge on any atom is -0.354 e. The molecule has 2 aromatic heterocycles. The number of fused-ring (bicyclic) bond motifs is 1. The summed E-state index contributed by atoms with van der Waals surface area (Å²) in [5.41, 5.74) is 2.19. The number of hydrogen-bond acceptors (Lipinski definition) is 4. The zero-order valence-electron chi connectivity index (χ0n) is 13.2. The van der Waals surface area contributed by atoms with E-state index >= 15 is 0 Å². The van der Waals surface area contributed by atoms with Crippen molar-refractivity contribution < 1.29 is 9.59 Å². The summed E-state index contributed by atoms with van der Waals surface area (Å²) in [5, 5.41) is 17.2. The predicted molar refractivity (Wildman–Crippen MR) is 94.2 cm³/mol. The van der Waals surface area contributed by atoms with Crippen LogP contribution in [0.15, 0.2) is 41.1 Å². The fourth-order valence-electron chi connectivity index (χ4n) is 2.41. The number of benzene rings is 1. The van der Waals surface area contributed by atoms with Crippen molar-refractivity contribution in [2.24, 2.45) is 0 Å². The molecule has 0 fully saturated rings. The maximum Gasteiger partial charge on any atom is 0.272 e. The Morgan fingerprint density at radius 3 is 2.79 bits per heavy atom. The van der Waals surface area contributed by atoms with Gasteiger partial charge >= 0.3 is 0 Å². The highest BCUT2D eigenvalue weighted by Gasteiger charge is 2.16. The van der Waals surface area contributed by atoms with Gasteiger partial charge in [-0.05, 0) is 35.4 Å². The van der Waals surface area contributed by atoms with Gasteiger partial charge in [-0.25, -0.2) is 0 Å². The molecule has 1 aromatic carbocycles. The molecule has 6 nitrogen and oxygen atoms in total. The number of para-hydroxylation sites is 1. The molecule has 0 saturated heterocycles. The van der Waals surface area contributed by atoms with Crippen molar-refractivity contribution in [3.63, 3.8) is 0 Å². The molecule has 0 radical (unpaired) electrons. The number of nitrogens with zero attached hydrogens (tertiary/aromatic N) is 1. The van der Waals surface area contributed by atoms with Crippen LogP contribution in [-0.4, -0.2) is 35.1 Å². The zero-order valence-corrected chi connectivity index (χ0v) is 14.0. The van der Waals surface area contributed by atoms with Crippen LogP contribution in [0.4, 0.5) is 0 Å². The molecule has 3 N–H and O–H groups in total.